The largest absolute Gasteiger partial charge is 0.378 e. The van der Waals surface area contributed by atoms with E-state index in [4.69, 9.17) is 9.47 Å². The lowest BCUT2D eigenvalue weighted by Gasteiger charge is -2.42. The highest BCUT2D eigenvalue weighted by Crippen LogP contribution is 2.23. The number of carbonyl (C=O) groups is 1. The summed E-state index contributed by atoms with van der Waals surface area (Å²) in [6, 6.07) is 0. The number of aromatic nitrogens is 1. The zero-order chi connectivity index (χ0) is 14.7. The summed E-state index contributed by atoms with van der Waals surface area (Å²) >= 11 is 1.65. The van der Waals surface area contributed by atoms with E-state index in [1.54, 1.807) is 11.3 Å². The number of rotatable bonds is 3. The highest BCUT2D eigenvalue weighted by Gasteiger charge is 2.42. The molecule has 0 unspecified atom stereocenters. The molecule has 0 radical (unpaired) electrons. The van der Waals surface area contributed by atoms with E-state index in [9.17, 15) is 4.79 Å². The second-order valence-corrected chi connectivity index (χ2v) is 6.63. The van der Waals surface area contributed by atoms with Crippen molar-refractivity contribution in [3.63, 3.8) is 0 Å². The molecule has 2 fully saturated rings. The maximum atomic E-state index is 12.7. The Morgan fingerprint density at radius 3 is 2.90 bits per heavy atom. The lowest BCUT2D eigenvalue weighted by Crippen LogP contribution is -2.60. The van der Waals surface area contributed by atoms with Crippen molar-refractivity contribution in [3.05, 3.63) is 16.6 Å². The number of hydrogen-bond acceptors (Lipinski definition) is 6. The maximum Gasteiger partial charge on any atom is 0.256 e. The summed E-state index contributed by atoms with van der Waals surface area (Å²) in [7, 11) is 0. The molecule has 0 spiro atoms. The Bertz CT molecular complexity index is 476. The van der Waals surface area contributed by atoms with Gasteiger partial charge in [0.25, 0.3) is 5.91 Å². The van der Waals surface area contributed by atoms with Gasteiger partial charge in [-0.3, -0.25) is 14.7 Å². The molecule has 116 valence electrons. The number of ether oxygens (including phenoxy) is 2. The zero-order valence-corrected chi connectivity index (χ0v) is 13.1. The van der Waals surface area contributed by atoms with Crippen molar-refractivity contribution in [1.82, 2.24) is 14.8 Å². The van der Waals surface area contributed by atoms with Crippen molar-refractivity contribution in [2.45, 2.75) is 19.1 Å². The van der Waals surface area contributed by atoms with Crippen LogP contribution in [0.15, 0.2) is 11.7 Å². The molecule has 1 amide bonds. The van der Waals surface area contributed by atoms with Crippen LogP contribution in [-0.2, 0) is 20.8 Å². The summed E-state index contributed by atoms with van der Waals surface area (Å²) in [5, 5.41) is 0. The first-order valence-corrected chi connectivity index (χ1v) is 8.16. The number of carbonyl (C=O) groups excluding carboxylic acids is 1. The molecule has 0 bridgehead atoms. The van der Waals surface area contributed by atoms with E-state index in [1.165, 1.54) is 4.88 Å². The lowest BCUT2D eigenvalue weighted by atomic mass is 10.0. The number of nitrogens with zero attached hydrogens (tertiary/aromatic N) is 3. The van der Waals surface area contributed by atoms with E-state index < -0.39 is 5.60 Å². The summed E-state index contributed by atoms with van der Waals surface area (Å²) in [5.41, 5.74) is 1.09. The van der Waals surface area contributed by atoms with Gasteiger partial charge in [0.05, 0.1) is 25.3 Å². The van der Waals surface area contributed by atoms with Crippen LogP contribution in [0.4, 0.5) is 0 Å². The fourth-order valence-electron chi connectivity index (χ4n) is 2.86. The molecule has 7 heteroatoms. The van der Waals surface area contributed by atoms with Gasteiger partial charge in [-0.2, -0.15) is 0 Å². The predicted molar refractivity (Wildman–Crippen MR) is 79.1 cm³/mol. The Morgan fingerprint density at radius 2 is 2.19 bits per heavy atom. The lowest BCUT2D eigenvalue weighted by molar-refractivity contribution is -0.171. The summed E-state index contributed by atoms with van der Waals surface area (Å²) in [5.74, 6) is 0.0832. The number of thiazole rings is 1. The van der Waals surface area contributed by atoms with E-state index >= 15 is 0 Å². The van der Waals surface area contributed by atoms with E-state index in [1.807, 2.05) is 23.5 Å². The van der Waals surface area contributed by atoms with Gasteiger partial charge in [0.2, 0.25) is 0 Å². The third kappa shape index (κ3) is 3.42. The highest BCUT2D eigenvalue weighted by atomic mass is 32.1. The number of morpholine rings is 2. The van der Waals surface area contributed by atoms with Gasteiger partial charge in [-0.15, -0.1) is 11.3 Å². The van der Waals surface area contributed by atoms with Crippen LogP contribution >= 0.6 is 11.3 Å². The van der Waals surface area contributed by atoms with Gasteiger partial charge in [-0.1, -0.05) is 0 Å². The maximum absolute atomic E-state index is 12.7. The number of hydrogen-bond donors (Lipinski definition) is 0. The molecule has 1 atom stereocenters. The Kier molecular flexibility index (Phi) is 4.54. The minimum atomic E-state index is -0.750. The second kappa shape index (κ2) is 6.39. The summed E-state index contributed by atoms with van der Waals surface area (Å²) in [6.45, 7) is 7.36. The fourth-order valence-corrected chi connectivity index (χ4v) is 3.49. The smallest absolute Gasteiger partial charge is 0.256 e. The van der Waals surface area contributed by atoms with Crippen molar-refractivity contribution < 1.29 is 14.3 Å². The van der Waals surface area contributed by atoms with Crippen molar-refractivity contribution in [1.29, 1.82) is 0 Å². The van der Waals surface area contributed by atoms with Crippen molar-refractivity contribution in [2.24, 2.45) is 0 Å². The van der Waals surface area contributed by atoms with Gasteiger partial charge >= 0.3 is 0 Å². The summed E-state index contributed by atoms with van der Waals surface area (Å²) in [6.07, 6.45) is 1.89. The normalized spacial score (nSPS) is 27.8. The predicted octanol–water partition coefficient (Wildman–Crippen LogP) is 0.593. The molecule has 6 nitrogen and oxygen atoms in total. The molecule has 21 heavy (non-hydrogen) atoms. The van der Waals surface area contributed by atoms with Crippen LogP contribution in [0.1, 0.15) is 11.8 Å². The Hall–Kier alpha value is -1.02. The molecule has 2 aliphatic rings. The molecule has 1 aromatic heterocycles. The molecular weight excluding hydrogens is 290 g/mol. The monoisotopic (exact) mass is 311 g/mol. The fraction of sp³-hybridized carbons (Fsp3) is 0.714. The van der Waals surface area contributed by atoms with E-state index in [0.29, 0.717) is 39.5 Å². The van der Waals surface area contributed by atoms with Crippen molar-refractivity contribution in [3.8, 4) is 0 Å². The molecule has 2 saturated heterocycles. The quantitative estimate of drug-likeness (QED) is 0.818. The second-order valence-electron chi connectivity index (χ2n) is 5.66. The average Bonchev–Trinajstić information content (AvgIpc) is 3.00. The van der Waals surface area contributed by atoms with Crippen LogP contribution in [0, 0.1) is 0 Å². The first kappa shape index (κ1) is 14.9. The third-order valence-electron chi connectivity index (χ3n) is 3.97. The number of amides is 1. The summed E-state index contributed by atoms with van der Waals surface area (Å²) < 4.78 is 11.2. The van der Waals surface area contributed by atoms with E-state index in [0.717, 1.165) is 13.1 Å². The first-order valence-electron chi connectivity index (χ1n) is 7.28. The molecule has 2 aliphatic heterocycles. The molecule has 3 heterocycles. The molecular formula is C14H21N3O3S. The van der Waals surface area contributed by atoms with Gasteiger partial charge in [0.1, 0.15) is 0 Å². The van der Waals surface area contributed by atoms with Crippen LogP contribution in [0.25, 0.3) is 0 Å². The molecule has 0 aromatic carbocycles. The van der Waals surface area contributed by atoms with Crippen LogP contribution in [0.2, 0.25) is 0 Å². The molecule has 3 rings (SSSR count). The van der Waals surface area contributed by atoms with Gasteiger partial charge in [0, 0.05) is 43.8 Å². The standard InChI is InChI=1S/C14H21N3O3S/c1-14(13(18)17-3-5-19-6-4-17)10-16(2-7-20-14)9-12-8-15-11-21-12/h8,11H,2-7,9-10H2,1H3/t14-/m1/s1. The van der Waals surface area contributed by atoms with Gasteiger partial charge in [-0.05, 0) is 6.92 Å². The SMILES string of the molecule is C[C@]1(C(=O)N2CCOCC2)CN(Cc2cncs2)CCO1. The Morgan fingerprint density at radius 1 is 1.38 bits per heavy atom. The average molecular weight is 311 g/mol. The highest BCUT2D eigenvalue weighted by molar-refractivity contribution is 7.09. The third-order valence-corrected chi connectivity index (χ3v) is 4.73. The Labute approximate surface area is 128 Å². The van der Waals surface area contributed by atoms with Crippen LogP contribution < -0.4 is 0 Å². The Balaban J connectivity index is 1.64. The molecule has 0 saturated carbocycles. The van der Waals surface area contributed by atoms with E-state index in [2.05, 4.69) is 9.88 Å². The molecule has 0 aliphatic carbocycles. The zero-order valence-electron chi connectivity index (χ0n) is 12.3. The van der Waals surface area contributed by atoms with E-state index in [-0.39, 0.29) is 5.91 Å². The van der Waals surface area contributed by atoms with Crippen molar-refractivity contribution in [2.75, 3.05) is 46.0 Å². The minimum Gasteiger partial charge on any atom is -0.378 e. The van der Waals surface area contributed by atoms with Gasteiger partial charge in [-0.25, -0.2) is 0 Å². The van der Waals surface area contributed by atoms with Crippen LogP contribution in [-0.4, -0.2) is 72.3 Å². The van der Waals surface area contributed by atoms with Gasteiger partial charge in [0.15, 0.2) is 5.60 Å². The van der Waals surface area contributed by atoms with Gasteiger partial charge < -0.3 is 14.4 Å². The van der Waals surface area contributed by atoms with Crippen molar-refractivity contribution >= 4 is 17.2 Å². The summed E-state index contributed by atoms with van der Waals surface area (Å²) in [4.78, 5) is 22.2. The van der Waals surface area contributed by atoms with Crippen LogP contribution in [0.5, 0.6) is 0 Å². The van der Waals surface area contributed by atoms with Crippen LogP contribution in [0.3, 0.4) is 0 Å². The minimum absolute atomic E-state index is 0.0832. The molecule has 1 aromatic rings. The topological polar surface area (TPSA) is 54.9 Å². The first-order chi connectivity index (χ1) is 10.2. The molecule has 0 N–H and O–H groups in total.